The van der Waals surface area contributed by atoms with Crippen LogP contribution in [0.4, 0.5) is 0 Å². The molecule has 17 heavy (non-hydrogen) atoms. The van der Waals surface area contributed by atoms with Gasteiger partial charge < -0.3 is 4.52 Å². The first kappa shape index (κ1) is 13.2. The molecule has 0 spiro atoms. The smallest absolute Gasteiger partial charge is 0.193 e. The van der Waals surface area contributed by atoms with Gasteiger partial charge in [0, 0.05) is 17.7 Å². The maximum absolute atomic E-state index is 5.30. The molecule has 1 fully saturated rings. The third-order valence-electron chi connectivity index (χ3n) is 2.73. The number of hydrogen-bond donors (Lipinski definition) is 0. The van der Waals surface area contributed by atoms with Crippen LogP contribution in [0, 0.1) is 0 Å². The predicted molar refractivity (Wildman–Crippen MR) is 71.6 cm³/mol. The van der Waals surface area contributed by atoms with E-state index >= 15 is 0 Å². The number of thioether (sulfide) groups is 1. The van der Waals surface area contributed by atoms with Crippen LogP contribution in [0.15, 0.2) is 46.0 Å². The van der Waals surface area contributed by atoms with Crippen molar-refractivity contribution in [3.63, 3.8) is 0 Å². The molecule has 0 saturated heterocycles. The molecule has 3 rings (SSSR count). The van der Waals surface area contributed by atoms with E-state index in [0.717, 1.165) is 16.5 Å². The molecule has 1 aromatic carbocycles. The van der Waals surface area contributed by atoms with E-state index < -0.39 is 0 Å². The van der Waals surface area contributed by atoms with E-state index in [2.05, 4.69) is 35.5 Å². The molecule has 0 atom stereocenters. The minimum absolute atomic E-state index is 0. The molecule has 1 aliphatic rings. The van der Waals surface area contributed by atoms with Gasteiger partial charge in [-0.2, -0.15) is 0 Å². The van der Waals surface area contributed by atoms with Crippen molar-refractivity contribution >= 4 is 41.3 Å². The molecule has 1 heterocycles. The van der Waals surface area contributed by atoms with Gasteiger partial charge in [-0.25, -0.2) is 0 Å². The van der Waals surface area contributed by atoms with E-state index in [-0.39, 0.29) is 29.6 Å². The molecule has 4 heteroatoms. The molecule has 0 bridgehead atoms. The molecule has 0 aliphatic heterocycles. The third kappa shape index (κ3) is 3.62. The molecule has 0 radical (unpaired) electrons. The van der Waals surface area contributed by atoms with Crippen LogP contribution in [0.1, 0.15) is 30.0 Å². The van der Waals surface area contributed by atoms with Crippen molar-refractivity contribution in [2.75, 3.05) is 0 Å². The summed E-state index contributed by atoms with van der Waals surface area (Å²) in [5.74, 6) is 1.62. The Hall–Kier alpha value is -0.220. The molecule has 84 valence electrons. The fraction of sp³-hybridized carbons (Fsp3) is 0.308. The Balaban J connectivity index is 0.00000108. The summed E-state index contributed by atoms with van der Waals surface area (Å²) >= 11 is 1.71. The Labute approximate surface area is 127 Å². The quantitative estimate of drug-likeness (QED) is 0.620. The van der Waals surface area contributed by atoms with Crippen molar-refractivity contribution in [3.05, 3.63) is 47.7 Å². The third-order valence-corrected chi connectivity index (χ3v) is 3.68. The van der Waals surface area contributed by atoms with Gasteiger partial charge in [0.15, 0.2) is 5.09 Å². The molecular formula is C13H14NNaOS. The fourth-order valence-corrected chi connectivity index (χ4v) is 2.43. The number of benzene rings is 1. The van der Waals surface area contributed by atoms with Crippen molar-refractivity contribution in [2.24, 2.45) is 0 Å². The summed E-state index contributed by atoms with van der Waals surface area (Å²) in [5, 5.41) is 5.03. The second kappa shape index (κ2) is 6.10. The Morgan fingerprint density at radius 2 is 2.00 bits per heavy atom. The van der Waals surface area contributed by atoms with E-state index in [1.807, 2.05) is 6.07 Å². The van der Waals surface area contributed by atoms with Crippen molar-refractivity contribution in [1.29, 1.82) is 0 Å². The first-order valence-corrected chi connectivity index (χ1v) is 6.54. The largest absolute Gasteiger partial charge is 0.350 e. The average molecular weight is 255 g/mol. The zero-order valence-corrected chi connectivity index (χ0v) is 9.74. The SMILES string of the molecule is [NaH].c1ccc(CSc2cc(C3CC3)no2)cc1. The van der Waals surface area contributed by atoms with Crippen molar-refractivity contribution < 1.29 is 4.52 Å². The van der Waals surface area contributed by atoms with Crippen LogP contribution in [-0.4, -0.2) is 34.7 Å². The normalized spacial score (nSPS) is 14.4. The zero-order valence-electron chi connectivity index (χ0n) is 8.93. The Bertz CT molecular complexity index is 467. The maximum atomic E-state index is 5.30. The Morgan fingerprint density at radius 1 is 1.24 bits per heavy atom. The van der Waals surface area contributed by atoms with Crippen LogP contribution < -0.4 is 0 Å². The van der Waals surface area contributed by atoms with Crippen molar-refractivity contribution in [1.82, 2.24) is 5.16 Å². The van der Waals surface area contributed by atoms with Crippen LogP contribution in [-0.2, 0) is 5.75 Å². The van der Waals surface area contributed by atoms with Gasteiger partial charge in [0.2, 0.25) is 0 Å². The van der Waals surface area contributed by atoms with E-state index in [4.69, 9.17) is 4.52 Å². The Kier molecular flexibility index (Phi) is 4.74. The Morgan fingerprint density at radius 3 is 2.71 bits per heavy atom. The summed E-state index contributed by atoms with van der Waals surface area (Å²) < 4.78 is 5.30. The molecule has 0 amide bonds. The molecular weight excluding hydrogens is 241 g/mol. The summed E-state index contributed by atoms with van der Waals surface area (Å²) in [4.78, 5) is 0. The summed E-state index contributed by atoms with van der Waals surface area (Å²) in [6, 6.07) is 12.5. The summed E-state index contributed by atoms with van der Waals surface area (Å²) in [5.41, 5.74) is 2.45. The summed E-state index contributed by atoms with van der Waals surface area (Å²) in [7, 11) is 0. The zero-order chi connectivity index (χ0) is 10.8. The second-order valence-corrected chi connectivity index (χ2v) is 5.10. The second-order valence-electron chi connectivity index (χ2n) is 4.12. The molecule has 2 aromatic rings. The topological polar surface area (TPSA) is 26.0 Å². The summed E-state index contributed by atoms with van der Waals surface area (Å²) in [6.45, 7) is 0. The minimum atomic E-state index is 0. The van der Waals surface area contributed by atoms with Gasteiger partial charge >= 0.3 is 29.6 Å². The van der Waals surface area contributed by atoms with Gasteiger partial charge in [0.05, 0.1) is 5.69 Å². The number of rotatable bonds is 4. The van der Waals surface area contributed by atoms with Crippen LogP contribution >= 0.6 is 11.8 Å². The van der Waals surface area contributed by atoms with E-state index in [0.29, 0.717) is 5.92 Å². The maximum Gasteiger partial charge on any atom is 0.193 e. The van der Waals surface area contributed by atoms with Gasteiger partial charge in [-0.15, -0.1) is 0 Å². The van der Waals surface area contributed by atoms with E-state index in [1.54, 1.807) is 11.8 Å². The molecule has 1 aromatic heterocycles. The number of nitrogens with zero attached hydrogens (tertiary/aromatic N) is 1. The monoisotopic (exact) mass is 255 g/mol. The van der Waals surface area contributed by atoms with E-state index in [1.165, 1.54) is 18.4 Å². The van der Waals surface area contributed by atoms with Gasteiger partial charge in [-0.05, 0) is 18.4 Å². The van der Waals surface area contributed by atoms with Gasteiger partial charge in [-0.1, -0.05) is 47.3 Å². The standard InChI is InChI=1S/C13H13NOS.Na.H/c1-2-4-10(5-3-1)9-16-13-8-12(14-15-13)11-6-7-11;;/h1-5,8,11H,6-7,9H2;;. The molecule has 0 unspecified atom stereocenters. The average Bonchev–Trinajstić information content (AvgIpc) is 3.08. The first-order chi connectivity index (χ1) is 7.92. The minimum Gasteiger partial charge on any atom is -0.350 e. The number of aromatic nitrogens is 1. The molecule has 1 aliphatic carbocycles. The van der Waals surface area contributed by atoms with E-state index in [9.17, 15) is 0 Å². The van der Waals surface area contributed by atoms with Gasteiger partial charge in [-0.3, -0.25) is 0 Å². The van der Waals surface area contributed by atoms with Crippen molar-refractivity contribution in [3.8, 4) is 0 Å². The van der Waals surface area contributed by atoms with Crippen LogP contribution in [0.5, 0.6) is 0 Å². The molecule has 0 N–H and O–H groups in total. The van der Waals surface area contributed by atoms with Gasteiger partial charge in [0.25, 0.3) is 0 Å². The van der Waals surface area contributed by atoms with Crippen LogP contribution in [0.3, 0.4) is 0 Å². The summed E-state index contributed by atoms with van der Waals surface area (Å²) in [6.07, 6.45) is 2.55. The van der Waals surface area contributed by atoms with Crippen LogP contribution in [0.2, 0.25) is 0 Å². The van der Waals surface area contributed by atoms with Gasteiger partial charge in [0.1, 0.15) is 0 Å². The molecule has 2 nitrogen and oxygen atoms in total. The van der Waals surface area contributed by atoms with Crippen molar-refractivity contribution in [2.45, 2.75) is 29.6 Å². The number of hydrogen-bond acceptors (Lipinski definition) is 3. The molecule has 1 saturated carbocycles. The first-order valence-electron chi connectivity index (χ1n) is 5.55. The fourth-order valence-electron chi connectivity index (χ4n) is 1.64. The van der Waals surface area contributed by atoms with Crippen LogP contribution in [0.25, 0.3) is 0 Å². The predicted octanol–water partition coefficient (Wildman–Crippen LogP) is 3.20.